The first-order valence-electron chi connectivity index (χ1n) is 6.24. The summed E-state index contributed by atoms with van der Waals surface area (Å²) in [5.41, 5.74) is 2.91. The van der Waals surface area contributed by atoms with Gasteiger partial charge in [-0.1, -0.05) is 25.1 Å². The monoisotopic (exact) mass is 365 g/mol. The van der Waals surface area contributed by atoms with Crippen molar-refractivity contribution in [3.8, 4) is 0 Å². The maximum absolute atomic E-state index is 12.4. The molecule has 98 valence electrons. The molecule has 0 N–H and O–H groups in total. The molecule has 0 aliphatic heterocycles. The standard InChI is InChI=1S/C16H16INO/c1-3-12-7-9-15(10-8-12)18(2)16(19)13-5-4-6-14(17)11-13/h4-11H,3H2,1-2H3. The van der Waals surface area contributed by atoms with Gasteiger partial charge in [0.05, 0.1) is 0 Å². The van der Waals surface area contributed by atoms with Crippen LogP contribution in [0.2, 0.25) is 0 Å². The van der Waals surface area contributed by atoms with Gasteiger partial charge in [-0.15, -0.1) is 0 Å². The Balaban J connectivity index is 2.23. The van der Waals surface area contributed by atoms with Crippen LogP contribution in [0.1, 0.15) is 22.8 Å². The zero-order chi connectivity index (χ0) is 13.8. The number of rotatable bonds is 3. The van der Waals surface area contributed by atoms with E-state index in [1.807, 2.05) is 43.4 Å². The Kier molecular flexibility index (Phi) is 4.58. The van der Waals surface area contributed by atoms with Crippen LogP contribution in [0.4, 0.5) is 5.69 Å². The molecule has 0 aliphatic carbocycles. The van der Waals surface area contributed by atoms with Crippen molar-refractivity contribution in [2.24, 2.45) is 0 Å². The van der Waals surface area contributed by atoms with E-state index >= 15 is 0 Å². The second-order valence-electron chi connectivity index (χ2n) is 4.39. The molecule has 0 aliphatic rings. The topological polar surface area (TPSA) is 20.3 Å². The highest BCUT2D eigenvalue weighted by molar-refractivity contribution is 14.1. The summed E-state index contributed by atoms with van der Waals surface area (Å²) >= 11 is 2.22. The number of anilines is 1. The summed E-state index contributed by atoms with van der Waals surface area (Å²) in [5, 5.41) is 0. The number of nitrogens with zero attached hydrogens (tertiary/aromatic N) is 1. The predicted molar refractivity (Wildman–Crippen MR) is 87.7 cm³/mol. The molecular formula is C16H16INO. The number of amides is 1. The van der Waals surface area contributed by atoms with Crippen LogP contribution in [0.3, 0.4) is 0 Å². The van der Waals surface area contributed by atoms with E-state index < -0.39 is 0 Å². The lowest BCUT2D eigenvalue weighted by Crippen LogP contribution is -2.26. The van der Waals surface area contributed by atoms with Gasteiger partial charge in [0, 0.05) is 21.9 Å². The molecule has 0 fully saturated rings. The van der Waals surface area contributed by atoms with Gasteiger partial charge in [-0.05, 0) is 64.9 Å². The van der Waals surface area contributed by atoms with Crippen molar-refractivity contribution in [1.82, 2.24) is 0 Å². The fourth-order valence-electron chi connectivity index (χ4n) is 1.89. The molecule has 0 atom stereocenters. The summed E-state index contributed by atoms with van der Waals surface area (Å²) in [5.74, 6) is 0.0164. The molecule has 0 heterocycles. The first-order valence-corrected chi connectivity index (χ1v) is 7.32. The Morgan fingerprint density at radius 3 is 2.42 bits per heavy atom. The fraction of sp³-hybridized carbons (Fsp3) is 0.188. The van der Waals surface area contributed by atoms with Gasteiger partial charge >= 0.3 is 0 Å². The zero-order valence-electron chi connectivity index (χ0n) is 11.1. The van der Waals surface area contributed by atoms with Crippen LogP contribution in [-0.2, 0) is 6.42 Å². The van der Waals surface area contributed by atoms with Crippen LogP contribution in [0.5, 0.6) is 0 Å². The molecule has 3 heteroatoms. The van der Waals surface area contributed by atoms with Gasteiger partial charge in [0.1, 0.15) is 0 Å². The fourth-order valence-corrected chi connectivity index (χ4v) is 2.43. The second-order valence-corrected chi connectivity index (χ2v) is 5.64. The summed E-state index contributed by atoms with van der Waals surface area (Å²) < 4.78 is 1.07. The third-order valence-electron chi connectivity index (χ3n) is 3.11. The SMILES string of the molecule is CCc1ccc(N(C)C(=O)c2cccc(I)c2)cc1. The Bertz CT molecular complexity index is 578. The molecule has 0 saturated heterocycles. The number of hydrogen-bond acceptors (Lipinski definition) is 1. The molecule has 1 amide bonds. The zero-order valence-corrected chi connectivity index (χ0v) is 13.2. The summed E-state index contributed by atoms with van der Waals surface area (Å²) in [6.07, 6.45) is 1.01. The minimum atomic E-state index is 0.0164. The summed E-state index contributed by atoms with van der Waals surface area (Å²) in [7, 11) is 1.81. The number of halogens is 1. The van der Waals surface area contributed by atoms with E-state index in [4.69, 9.17) is 0 Å². The normalized spacial score (nSPS) is 10.3. The highest BCUT2D eigenvalue weighted by Crippen LogP contribution is 2.17. The molecule has 0 spiro atoms. The maximum Gasteiger partial charge on any atom is 0.258 e. The predicted octanol–water partition coefficient (Wildman–Crippen LogP) is 4.13. The molecule has 0 bridgehead atoms. The highest BCUT2D eigenvalue weighted by Gasteiger charge is 2.13. The van der Waals surface area contributed by atoms with E-state index in [1.165, 1.54) is 5.56 Å². The van der Waals surface area contributed by atoms with E-state index in [1.54, 1.807) is 4.90 Å². The van der Waals surface area contributed by atoms with E-state index in [2.05, 4.69) is 41.6 Å². The van der Waals surface area contributed by atoms with Gasteiger partial charge in [-0.2, -0.15) is 0 Å². The van der Waals surface area contributed by atoms with Gasteiger partial charge in [-0.3, -0.25) is 4.79 Å². The van der Waals surface area contributed by atoms with Crippen LogP contribution in [0.25, 0.3) is 0 Å². The van der Waals surface area contributed by atoms with Gasteiger partial charge in [0.15, 0.2) is 0 Å². The summed E-state index contributed by atoms with van der Waals surface area (Å²) in [6, 6.07) is 15.7. The highest BCUT2D eigenvalue weighted by atomic mass is 127. The lowest BCUT2D eigenvalue weighted by molar-refractivity contribution is 0.0993. The Morgan fingerprint density at radius 1 is 1.16 bits per heavy atom. The van der Waals surface area contributed by atoms with Gasteiger partial charge in [0.25, 0.3) is 5.91 Å². The van der Waals surface area contributed by atoms with Crippen molar-refractivity contribution in [3.05, 3.63) is 63.2 Å². The molecular weight excluding hydrogens is 349 g/mol. The average molecular weight is 365 g/mol. The molecule has 2 rings (SSSR count). The van der Waals surface area contributed by atoms with Crippen molar-refractivity contribution in [3.63, 3.8) is 0 Å². The van der Waals surface area contributed by atoms with Gasteiger partial charge in [0.2, 0.25) is 0 Å². The van der Waals surface area contributed by atoms with Gasteiger partial charge in [-0.25, -0.2) is 0 Å². The summed E-state index contributed by atoms with van der Waals surface area (Å²) in [4.78, 5) is 14.1. The van der Waals surface area contributed by atoms with Gasteiger partial charge < -0.3 is 4.90 Å². The number of hydrogen-bond donors (Lipinski definition) is 0. The number of benzene rings is 2. The molecule has 2 nitrogen and oxygen atoms in total. The second kappa shape index (κ2) is 6.19. The molecule has 0 aromatic heterocycles. The quantitative estimate of drug-likeness (QED) is 0.749. The third kappa shape index (κ3) is 3.35. The van der Waals surface area contributed by atoms with Crippen molar-refractivity contribution in [2.75, 3.05) is 11.9 Å². The maximum atomic E-state index is 12.4. The average Bonchev–Trinajstić information content (AvgIpc) is 2.46. The minimum absolute atomic E-state index is 0.0164. The number of aryl methyl sites for hydroxylation is 1. The summed E-state index contributed by atoms with van der Waals surface area (Å²) in [6.45, 7) is 2.12. The van der Waals surface area contributed by atoms with E-state index in [0.29, 0.717) is 5.56 Å². The van der Waals surface area contributed by atoms with Crippen molar-refractivity contribution in [1.29, 1.82) is 0 Å². The number of carbonyl (C=O) groups excluding carboxylic acids is 1. The van der Waals surface area contributed by atoms with Crippen LogP contribution in [-0.4, -0.2) is 13.0 Å². The largest absolute Gasteiger partial charge is 0.311 e. The number of carbonyl (C=O) groups is 1. The first-order chi connectivity index (χ1) is 9.11. The third-order valence-corrected chi connectivity index (χ3v) is 3.78. The lowest BCUT2D eigenvalue weighted by Gasteiger charge is -2.18. The van der Waals surface area contributed by atoms with E-state index in [9.17, 15) is 4.79 Å². The Labute approximate surface area is 127 Å². The van der Waals surface area contributed by atoms with Crippen LogP contribution < -0.4 is 4.90 Å². The van der Waals surface area contributed by atoms with Crippen molar-refractivity contribution in [2.45, 2.75) is 13.3 Å². The van der Waals surface area contributed by atoms with E-state index in [-0.39, 0.29) is 5.91 Å². The first kappa shape index (κ1) is 14.1. The van der Waals surface area contributed by atoms with Crippen molar-refractivity contribution < 1.29 is 4.79 Å². The molecule has 2 aromatic carbocycles. The minimum Gasteiger partial charge on any atom is -0.311 e. The van der Waals surface area contributed by atoms with Crippen LogP contribution in [0, 0.1) is 3.57 Å². The van der Waals surface area contributed by atoms with Crippen LogP contribution in [0.15, 0.2) is 48.5 Å². The van der Waals surface area contributed by atoms with Crippen molar-refractivity contribution >= 4 is 34.2 Å². The molecule has 0 unspecified atom stereocenters. The lowest BCUT2D eigenvalue weighted by atomic mass is 10.1. The molecule has 2 aromatic rings. The smallest absolute Gasteiger partial charge is 0.258 e. The van der Waals surface area contributed by atoms with E-state index in [0.717, 1.165) is 15.7 Å². The van der Waals surface area contributed by atoms with Crippen LogP contribution >= 0.6 is 22.6 Å². The molecule has 0 radical (unpaired) electrons. The Hall–Kier alpha value is -1.36. The molecule has 19 heavy (non-hydrogen) atoms. The Morgan fingerprint density at radius 2 is 1.84 bits per heavy atom. The molecule has 0 saturated carbocycles.